The summed E-state index contributed by atoms with van der Waals surface area (Å²) in [6.07, 6.45) is 1.30. The van der Waals surface area contributed by atoms with Crippen LogP contribution >= 0.6 is 23.5 Å². The molecule has 0 atom stereocenters. The highest BCUT2D eigenvalue weighted by Crippen LogP contribution is 2.43. The zero-order chi connectivity index (χ0) is 13.0. The van der Waals surface area contributed by atoms with E-state index >= 15 is 0 Å². The molecule has 5 heteroatoms. The minimum atomic E-state index is -0.0597. The minimum absolute atomic E-state index is 0.0597. The van der Waals surface area contributed by atoms with E-state index in [9.17, 15) is 4.79 Å². The largest absolute Gasteiger partial charge is 0.285 e. The third-order valence-electron chi connectivity index (χ3n) is 2.60. The molecule has 0 aliphatic carbocycles. The van der Waals surface area contributed by atoms with E-state index in [1.807, 2.05) is 49.8 Å². The highest BCUT2D eigenvalue weighted by Gasteiger charge is 2.16. The molecule has 0 aromatic heterocycles. The minimum Gasteiger partial charge on any atom is -0.285 e. The van der Waals surface area contributed by atoms with Crippen molar-refractivity contribution in [3.05, 3.63) is 35.4 Å². The van der Waals surface area contributed by atoms with Crippen molar-refractivity contribution in [2.24, 2.45) is 0 Å². The zero-order valence-electron chi connectivity index (χ0n) is 10.7. The fraction of sp³-hybridized carbons (Fsp3) is 0.462. The van der Waals surface area contributed by atoms with Crippen molar-refractivity contribution in [2.45, 2.75) is 11.0 Å². The van der Waals surface area contributed by atoms with Crippen LogP contribution in [0.5, 0.6) is 0 Å². The van der Waals surface area contributed by atoms with Crippen molar-refractivity contribution >= 4 is 29.4 Å². The number of hydrazine groups is 1. The molecule has 1 aromatic carbocycles. The van der Waals surface area contributed by atoms with Gasteiger partial charge in [0, 0.05) is 19.7 Å². The van der Waals surface area contributed by atoms with Gasteiger partial charge in [-0.15, -0.1) is 23.5 Å². The van der Waals surface area contributed by atoms with Gasteiger partial charge in [0.1, 0.15) is 0 Å². The van der Waals surface area contributed by atoms with E-state index in [1.165, 1.54) is 23.5 Å². The first-order chi connectivity index (χ1) is 8.66. The molecule has 2 rings (SSSR count). The molecular formula is C13H18N2OS2. The maximum absolute atomic E-state index is 11.8. The van der Waals surface area contributed by atoms with Gasteiger partial charge in [-0.3, -0.25) is 10.2 Å². The van der Waals surface area contributed by atoms with Crippen LogP contribution in [0, 0.1) is 0 Å². The van der Waals surface area contributed by atoms with Crippen LogP contribution in [0.2, 0.25) is 0 Å². The van der Waals surface area contributed by atoms with Gasteiger partial charge in [-0.2, -0.15) is 0 Å². The SMILES string of the molecule is CN(C)NC(=O)c1ccc(C2SCCCS2)cc1. The molecular weight excluding hydrogens is 264 g/mol. The molecule has 3 nitrogen and oxygen atoms in total. The number of amides is 1. The monoisotopic (exact) mass is 282 g/mol. The molecule has 0 saturated carbocycles. The Balaban J connectivity index is 2.02. The van der Waals surface area contributed by atoms with Gasteiger partial charge in [-0.05, 0) is 35.6 Å². The van der Waals surface area contributed by atoms with Crippen LogP contribution in [0.3, 0.4) is 0 Å². The van der Waals surface area contributed by atoms with Crippen LogP contribution < -0.4 is 5.43 Å². The number of hydrogen-bond acceptors (Lipinski definition) is 4. The lowest BCUT2D eigenvalue weighted by atomic mass is 10.1. The number of rotatable bonds is 3. The molecule has 1 amide bonds. The van der Waals surface area contributed by atoms with E-state index < -0.39 is 0 Å². The third kappa shape index (κ3) is 3.67. The van der Waals surface area contributed by atoms with Crippen LogP contribution in [0.15, 0.2) is 24.3 Å². The Morgan fingerprint density at radius 2 is 1.83 bits per heavy atom. The van der Waals surface area contributed by atoms with Gasteiger partial charge in [-0.25, -0.2) is 5.01 Å². The molecule has 1 fully saturated rings. The topological polar surface area (TPSA) is 32.3 Å². The Morgan fingerprint density at radius 3 is 2.39 bits per heavy atom. The van der Waals surface area contributed by atoms with E-state index in [0.29, 0.717) is 10.1 Å². The maximum Gasteiger partial charge on any atom is 0.265 e. The van der Waals surface area contributed by atoms with Gasteiger partial charge in [-0.1, -0.05) is 12.1 Å². The maximum atomic E-state index is 11.8. The smallest absolute Gasteiger partial charge is 0.265 e. The molecule has 1 N–H and O–H groups in total. The lowest BCUT2D eigenvalue weighted by molar-refractivity contribution is 0.0857. The van der Waals surface area contributed by atoms with Crippen LogP contribution in [0.1, 0.15) is 26.9 Å². The van der Waals surface area contributed by atoms with Crippen molar-refractivity contribution in [3.63, 3.8) is 0 Å². The fourth-order valence-electron chi connectivity index (χ4n) is 1.74. The summed E-state index contributed by atoms with van der Waals surface area (Å²) in [7, 11) is 3.61. The van der Waals surface area contributed by atoms with Gasteiger partial charge >= 0.3 is 0 Å². The highest BCUT2D eigenvalue weighted by atomic mass is 32.2. The average Bonchev–Trinajstić information content (AvgIpc) is 2.39. The quantitative estimate of drug-likeness (QED) is 0.864. The molecule has 1 saturated heterocycles. The van der Waals surface area contributed by atoms with Crippen molar-refractivity contribution in [1.29, 1.82) is 0 Å². The molecule has 0 bridgehead atoms. The lowest BCUT2D eigenvalue weighted by Crippen LogP contribution is -2.36. The summed E-state index contributed by atoms with van der Waals surface area (Å²) in [5.74, 6) is 2.41. The Bertz CT molecular complexity index is 400. The van der Waals surface area contributed by atoms with Crippen molar-refractivity contribution in [1.82, 2.24) is 10.4 Å². The van der Waals surface area contributed by atoms with Gasteiger partial charge in [0.05, 0.1) is 4.58 Å². The first kappa shape index (κ1) is 13.8. The summed E-state index contributed by atoms with van der Waals surface area (Å²) >= 11 is 3.99. The second-order valence-corrected chi connectivity index (χ2v) is 7.11. The predicted octanol–water partition coefficient (Wildman–Crippen LogP) is 2.76. The summed E-state index contributed by atoms with van der Waals surface area (Å²) in [6.45, 7) is 0. The molecule has 18 heavy (non-hydrogen) atoms. The molecule has 1 heterocycles. The van der Waals surface area contributed by atoms with E-state index in [4.69, 9.17) is 0 Å². The molecule has 0 radical (unpaired) electrons. The van der Waals surface area contributed by atoms with Gasteiger partial charge in [0.25, 0.3) is 5.91 Å². The average molecular weight is 282 g/mol. The van der Waals surface area contributed by atoms with Crippen LogP contribution in [-0.4, -0.2) is 36.5 Å². The molecule has 1 aromatic rings. The van der Waals surface area contributed by atoms with Crippen LogP contribution in [0.25, 0.3) is 0 Å². The molecule has 1 aliphatic heterocycles. The fourth-order valence-corrected chi connectivity index (χ4v) is 4.63. The number of benzene rings is 1. The van der Waals surface area contributed by atoms with E-state index in [-0.39, 0.29) is 5.91 Å². The standard InChI is InChI=1S/C13H18N2OS2/c1-15(2)14-12(16)10-4-6-11(7-5-10)13-17-8-3-9-18-13/h4-7,13H,3,8-9H2,1-2H3,(H,14,16). The van der Waals surface area contributed by atoms with Crippen molar-refractivity contribution in [3.8, 4) is 0 Å². The Hall–Kier alpha value is -0.650. The Labute approximate surface area is 117 Å². The Kier molecular flexibility index (Phi) is 4.97. The normalized spacial score (nSPS) is 16.8. The first-order valence-electron chi connectivity index (χ1n) is 5.98. The third-order valence-corrected chi connectivity index (χ3v) is 5.61. The van der Waals surface area contributed by atoms with Gasteiger partial charge in [0.2, 0.25) is 0 Å². The summed E-state index contributed by atoms with van der Waals surface area (Å²) in [5.41, 5.74) is 4.76. The number of carbonyl (C=O) groups is 1. The van der Waals surface area contributed by atoms with Gasteiger partial charge in [0.15, 0.2) is 0 Å². The number of hydrogen-bond donors (Lipinski definition) is 1. The second-order valence-electron chi connectivity index (χ2n) is 4.38. The summed E-state index contributed by atoms with van der Waals surface area (Å²) in [5, 5.41) is 1.66. The lowest BCUT2D eigenvalue weighted by Gasteiger charge is -2.21. The van der Waals surface area contributed by atoms with Crippen molar-refractivity contribution in [2.75, 3.05) is 25.6 Å². The number of nitrogens with one attached hydrogen (secondary N) is 1. The van der Waals surface area contributed by atoms with Crippen LogP contribution in [-0.2, 0) is 0 Å². The van der Waals surface area contributed by atoms with E-state index in [2.05, 4.69) is 17.6 Å². The summed E-state index contributed by atoms with van der Waals surface area (Å²) in [6, 6.07) is 7.95. The highest BCUT2D eigenvalue weighted by molar-refractivity contribution is 8.16. The molecule has 0 unspecified atom stereocenters. The molecule has 98 valence electrons. The predicted molar refractivity (Wildman–Crippen MR) is 79.9 cm³/mol. The molecule has 1 aliphatic rings. The van der Waals surface area contributed by atoms with E-state index in [1.54, 1.807) is 5.01 Å². The second kappa shape index (κ2) is 6.50. The van der Waals surface area contributed by atoms with E-state index in [0.717, 1.165) is 0 Å². The number of nitrogens with zero attached hydrogens (tertiary/aromatic N) is 1. The van der Waals surface area contributed by atoms with Crippen LogP contribution in [0.4, 0.5) is 0 Å². The Morgan fingerprint density at radius 1 is 1.22 bits per heavy atom. The summed E-state index contributed by atoms with van der Waals surface area (Å²) in [4.78, 5) is 11.8. The van der Waals surface area contributed by atoms with Crippen molar-refractivity contribution < 1.29 is 4.79 Å². The summed E-state index contributed by atoms with van der Waals surface area (Å²) < 4.78 is 0.532. The number of carbonyl (C=O) groups excluding carboxylic acids is 1. The van der Waals surface area contributed by atoms with Gasteiger partial charge < -0.3 is 0 Å². The number of thioether (sulfide) groups is 2. The molecule has 0 spiro atoms. The zero-order valence-corrected chi connectivity index (χ0v) is 12.3. The first-order valence-corrected chi connectivity index (χ1v) is 8.08.